The van der Waals surface area contributed by atoms with E-state index in [2.05, 4.69) is 20.2 Å². The number of thiophene rings is 1. The lowest BCUT2D eigenvalue weighted by atomic mass is 9.71. The number of nitrogens with zero attached hydrogens (tertiary/aromatic N) is 3. The largest absolute Gasteiger partial charge is 0.338 e. The van der Waals surface area contributed by atoms with Crippen molar-refractivity contribution in [1.82, 2.24) is 14.8 Å². The van der Waals surface area contributed by atoms with Gasteiger partial charge in [0.05, 0.1) is 11.4 Å². The highest BCUT2D eigenvalue weighted by atomic mass is 32.1. The normalized spacial score (nSPS) is 21.2. The number of piperidine rings is 2. The van der Waals surface area contributed by atoms with Crippen LogP contribution in [0.4, 0.5) is 0 Å². The number of amides is 1. The fourth-order valence-electron chi connectivity index (χ4n) is 3.95. The molecule has 0 aromatic carbocycles. The van der Waals surface area contributed by atoms with Gasteiger partial charge in [-0.25, -0.2) is 4.98 Å². The number of hydrogen-bond acceptors (Lipinski definition) is 5. The van der Waals surface area contributed by atoms with Crippen LogP contribution in [-0.2, 0) is 6.54 Å². The molecule has 0 radical (unpaired) electrons. The van der Waals surface area contributed by atoms with Gasteiger partial charge in [0.2, 0.25) is 0 Å². The van der Waals surface area contributed by atoms with Gasteiger partial charge in [-0.2, -0.15) is 0 Å². The van der Waals surface area contributed by atoms with E-state index in [4.69, 9.17) is 0 Å². The van der Waals surface area contributed by atoms with Crippen LogP contribution in [0, 0.1) is 5.41 Å². The fourth-order valence-corrected chi connectivity index (χ4v) is 5.30. The highest BCUT2D eigenvalue weighted by Gasteiger charge is 2.38. The van der Waals surface area contributed by atoms with Gasteiger partial charge in [0.1, 0.15) is 5.01 Å². The van der Waals surface area contributed by atoms with Crippen molar-refractivity contribution in [2.24, 2.45) is 5.41 Å². The number of likely N-dealkylation sites (tertiary alicyclic amines) is 2. The second-order valence-corrected chi connectivity index (χ2v) is 8.90. The standard InChI is InChI=1S/C18H23N3OS2/c22-17(15-2-1-12-23-15)21-10-5-18(6-11-21)3-8-20(9-4-18)14-16-19-7-13-24-16/h1-2,7,12-13H,3-6,8-11,14H2. The third-order valence-corrected chi connectivity index (χ3v) is 7.22. The highest BCUT2D eigenvalue weighted by Crippen LogP contribution is 2.41. The van der Waals surface area contributed by atoms with Crippen molar-refractivity contribution in [3.63, 3.8) is 0 Å². The number of hydrogen-bond donors (Lipinski definition) is 0. The predicted molar refractivity (Wildman–Crippen MR) is 98.5 cm³/mol. The van der Waals surface area contributed by atoms with Crippen LogP contribution in [0.1, 0.15) is 40.4 Å². The first-order valence-electron chi connectivity index (χ1n) is 8.68. The van der Waals surface area contributed by atoms with E-state index in [1.165, 1.54) is 30.9 Å². The molecule has 0 atom stereocenters. The monoisotopic (exact) mass is 361 g/mol. The third-order valence-electron chi connectivity index (χ3n) is 5.60. The van der Waals surface area contributed by atoms with Crippen LogP contribution < -0.4 is 0 Å². The van der Waals surface area contributed by atoms with Crippen LogP contribution in [0.5, 0.6) is 0 Å². The molecule has 4 heterocycles. The van der Waals surface area contributed by atoms with Crippen molar-refractivity contribution >= 4 is 28.6 Å². The van der Waals surface area contributed by atoms with Gasteiger partial charge in [-0.15, -0.1) is 22.7 Å². The molecule has 2 aromatic rings. The van der Waals surface area contributed by atoms with Crippen LogP contribution in [0.3, 0.4) is 0 Å². The SMILES string of the molecule is O=C(c1cccs1)N1CCC2(CCN(Cc3nccs3)CC2)CC1. The Kier molecular flexibility index (Phi) is 4.70. The third kappa shape index (κ3) is 3.41. The maximum absolute atomic E-state index is 12.5. The van der Waals surface area contributed by atoms with Crippen LogP contribution in [0.25, 0.3) is 0 Å². The lowest BCUT2D eigenvalue weighted by Crippen LogP contribution is -2.48. The molecule has 4 nitrogen and oxygen atoms in total. The van der Waals surface area contributed by atoms with Crippen LogP contribution >= 0.6 is 22.7 Å². The summed E-state index contributed by atoms with van der Waals surface area (Å²) in [7, 11) is 0. The number of carbonyl (C=O) groups excluding carboxylic acids is 1. The van der Waals surface area contributed by atoms with E-state index >= 15 is 0 Å². The molecule has 128 valence electrons. The Morgan fingerprint density at radius 3 is 2.46 bits per heavy atom. The summed E-state index contributed by atoms with van der Waals surface area (Å²) in [6.45, 7) is 5.17. The Balaban J connectivity index is 1.29. The summed E-state index contributed by atoms with van der Waals surface area (Å²) in [6, 6.07) is 3.90. The summed E-state index contributed by atoms with van der Waals surface area (Å²) in [4.78, 5) is 22.4. The molecule has 6 heteroatoms. The Morgan fingerprint density at radius 2 is 1.83 bits per heavy atom. The van der Waals surface area contributed by atoms with E-state index in [0.29, 0.717) is 5.41 Å². The molecule has 24 heavy (non-hydrogen) atoms. The summed E-state index contributed by atoms with van der Waals surface area (Å²) in [5.74, 6) is 0.223. The van der Waals surface area contributed by atoms with Gasteiger partial charge in [0, 0.05) is 24.7 Å². The Hall–Kier alpha value is -1.24. The molecule has 0 unspecified atom stereocenters. The quantitative estimate of drug-likeness (QED) is 0.836. The lowest BCUT2D eigenvalue weighted by Gasteiger charge is -2.46. The molecule has 2 fully saturated rings. The first kappa shape index (κ1) is 16.2. The molecular weight excluding hydrogens is 338 g/mol. The van der Waals surface area contributed by atoms with Gasteiger partial charge in [-0.3, -0.25) is 9.69 Å². The average molecular weight is 362 g/mol. The second-order valence-electron chi connectivity index (χ2n) is 6.97. The van der Waals surface area contributed by atoms with Gasteiger partial charge >= 0.3 is 0 Å². The summed E-state index contributed by atoms with van der Waals surface area (Å²) < 4.78 is 0. The zero-order chi connectivity index (χ0) is 16.4. The molecular formula is C18H23N3OS2. The molecule has 0 N–H and O–H groups in total. The molecule has 2 aromatic heterocycles. The molecule has 2 saturated heterocycles. The van der Waals surface area contributed by atoms with Gasteiger partial charge in [-0.05, 0) is 55.6 Å². The molecule has 1 spiro atoms. The Bertz CT molecular complexity index is 651. The van der Waals surface area contributed by atoms with Crippen molar-refractivity contribution in [2.45, 2.75) is 32.2 Å². The van der Waals surface area contributed by atoms with Crippen LogP contribution in [-0.4, -0.2) is 46.9 Å². The van der Waals surface area contributed by atoms with E-state index in [1.54, 1.807) is 22.7 Å². The number of carbonyl (C=O) groups is 1. The van der Waals surface area contributed by atoms with Crippen LogP contribution in [0.15, 0.2) is 29.1 Å². The first-order chi connectivity index (χ1) is 11.7. The molecule has 0 bridgehead atoms. The van der Waals surface area contributed by atoms with E-state index in [0.717, 1.165) is 37.4 Å². The molecule has 1 amide bonds. The molecule has 0 aliphatic carbocycles. The first-order valence-corrected chi connectivity index (χ1v) is 10.4. The maximum Gasteiger partial charge on any atom is 0.263 e. The fraction of sp³-hybridized carbons (Fsp3) is 0.556. The average Bonchev–Trinajstić information content (AvgIpc) is 3.31. The molecule has 2 aliphatic heterocycles. The van der Waals surface area contributed by atoms with E-state index in [1.807, 2.05) is 23.7 Å². The minimum atomic E-state index is 0.223. The predicted octanol–water partition coefficient (Wildman–Crippen LogP) is 3.72. The van der Waals surface area contributed by atoms with Crippen molar-refractivity contribution in [3.05, 3.63) is 39.0 Å². The van der Waals surface area contributed by atoms with Crippen LogP contribution in [0.2, 0.25) is 0 Å². The van der Waals surface area contributed by atoms with E-state index in [9.17, 15) is 4.79 Å². The minimum Gasteiger partial charge on any atom is -0.338 e. The zero-order valence-corrected chi connectivity index (χ0v) is 15.5. The summed E-state index contributed by atoms with van der Waals surface area (Å²) in [6.07, 6.45) is 6.75. The smallest absolute Gasteiger partial charge is 0.263 e. The zero-order valence-electron chi connectivity index (χ0n) is 13.8. The summed E-state index contributed by atoms with van der Waals surface area (Å²) >= 11 is 3.30. The maximum atomic E-state index is 12.5. The molecule has 4 rings (SSSR count). The van der Waals surface area contributed by atoms with Crippen molar-refractivity contribution in [2.75, 3.05) is 26.2 Å². The number of aromatic nitrogens is 1. The highest BCUT2D eigenvalue weighted by molar-refractivity contribution is 7.12. The van der Waals surface area contributed by atoms with Gasteiger partial charge in [-0.1, -0.05) is 6.07 Å². The number of thiazole rings is 1. The van der Waals surface area contributed by atoms with Crippen molar-refractivity contribution < 1.29 is 4.79 Å². The second kappa shape index (κ2) is 6.94. The number of rotatable bonds is 3. The topological polar surface area (TPSA) is 36.4 Å². The van der Waals surface area contributed by atoms with E-state index < -0.39 is 0 Å². The van der Waals surface area contributed by atoms with Gasteiger partial charge < -0.3 is 4.90 Å². The van der Waals surface area contributed by atoms with Gasteiger partial charge in [0.15, 0.2) is 0 Å². The minimum absolute atomic E-state index is 0.223. The molecule has 0 saturated carbocycles. The van der Waals surface area contributed by atoms with Crippen molar-refractivity contribution in [1.29, 1.82) is 0 Å². The van der Waals surface area contributed by atoms with Crippen molar-refractivity contribution in [3.8, 4) is 0 Å². The van der Waals surface area contributed by atoms with E-state index in [-0.39, 0.29) is 5.91 Å². The lowest BCUT2D eigenvalue weighted by molar-refractivity contribution is 0.0287. The summed E-state index contributed by atoms with van der Waals surface area (Å²) in [5, 5.41) is 5.26. The van der Waals surface area contributed by atoms with Gasteiger partial charge in [0.25, 0.3) is 5.91 Å². The Labute approximate surface area is 151 Å². The summed E-state index contributed by atoms with van der Waals surface area (Å²) in [5.41, 5.74) is 0.464. The Morgan fingerprint density at radius 1 is 1.08 bits per heavy atom. The molecule has 2 aliphatic rings.